The van der Waals surface area contributed by atoms with Crippen molar-refractivity contribution in [1.82, 2.24) is 15.5 Å². The summed E-state index contributed by atoms with van der Waals surface area (Å²) in [5.74, 6) is 0.700. The molecule has 4 heteroatoms. The lowest BCUT2D eigenvalue weighted by molar-refractivity contribution is -0.121. The second-order valence-electron chi connectivity index (χ2n) is 6.61. The van der Waals surface area contributed by atoms with Crippen molar-refractivity contribution in [1.29, 1.82) is 0 Å². The molecule has 1 heterocycles. The minimum absolute atomic E-state index is 0.172. The molecule has 1 amide bonds. The number of rotatable bonds is 7. The van der Waals surface area contributed by atoms with Crippen LogP contribution in [0.1, 0.15) is 46.5 Å². The van der Waals surface area contributed by atoms with Crippen LogP contribution in [-0.2, 0) is 4.79 Å². The van der Waals surface area contributed by atoms with Crippen molar-refractivity contribution in [3.63, 3.8) is 0 Å². The lowest BCUT2D eigenvalue weighted by Gasteiger charge is -2.19. The lowest BCUT2D eigenvalue weighted by atomic mass is 10.2. The Hall–Kier alpha value is -0.610. The molecule has 110 valence electrons. The van der Waals surface area contributed by atoms with Crippen LogP contribution in [0.3, 0.4) is 0 Å². The molecule has 0 aromatic rings. The molecule has 1 aliphatic heterocycles. The molecule has 2 fully saturated rings. The second kappa shape index (κ2) is 6.71. The molecule has 0 aromatic carbocycles. The van der Waals surface area contributed by atoms with Gasteiger partial charge in [0.15, 0.2) is 0 Å². The van der Waals surface area contributed by atoms with E-state index in [1.54, 1.807) is 0 Å². The molecule has 2 N–H and O–H groups in total. The van der Waals surface area contributed by atoms with Gasteiger partial charge >= 0.3 is 0 Å². The van der Waals surface area contributed by atoms with Gasteiger partial charge in [-0.15, -0.1) is 0 Å². The van der Waals surface area contributed by atoms with Gasteiger partial charge < -0.3 is 10.6 Å². The van der Waals surface area contributed by atoms with Gasteiger partial charge in [-0.05, 0) is 32.1 Å². The SMILES string of the molecule is CC(C)CNC(=O)CCNC1CC(C)N(C2CC2)C1. The summed E-state index contributed by atoms with van der Waals surface area (Å²) in [7, 11) is 0. The van der Waals surface area contributed by atoms with Crippen molar-refractivity contribution < 1.29 is 4.79 Å². The maximum Gasteiger partial charge on any atom is 0.221 e. The number of nitrogens with one attached hydrogen (secondary N) is 2. The molecule has 2 rings (SSSR count). The van der Waals surface area contributed by atoms with E-state index in [1.165, 1.54) is 25.8 Å². The van der Waals surface area contributed by atoms with Crippen LogP contribution in [0.4, 0.5) is 0 Å². The van der Waals surface area contributed by atoms with Gasteiger partial charge in [0.1, 0.15) is 0 Å². The molecule has 0 aromatic heterocycles. The molecular weight excluding hydrogens is 238 g/mol. The van der Waals surface area contributed by atoms with E-state index < -0.39 is 0 Å². The largest absolute Gasteiger partial charge is 0.356 e. The van der Waals surface area contributed by atoms with Crippen molar-refractivity contribution in [3.8, 4) is 0 Å². The molecule has 1 saturated carbocycles. The molecule has 1 aliphatic carbocycles. The third-order valence-electron chi connectivity index (χ3n) is 4.13. The second-order valence-corrected chi connectivity index (χ2v) is 6.61. The smallest absolute Gasteiger partial charge is 0.221 e. The van der Waals surface area contributed by atoms with E-state index in [0.717, 1.165) is 19.1 Å². The van der Waals surface area contributed by atoms with E-state index in [4.69, 9.17) is 0 Å². The predicted octanol–water partition coefficient (Wildman–Crippen LogP) is 1.36. The number of likely N-dealkylation sites (tertiary alicyclic amines) is 1. The average molecular weight is 267 g/mol. The van der Waals surface area contributed by atoms with Crippen LogP contribution in [0.2, 0.25) is 0 Å². The zero-order valence-corrected chi connectivity index (χ0v) is 12.6. The van der Waals surface area contributed by atoms with Gasteiger partial charge in [-0.1, -0.05) is 13.8 Å². The molecule has 1 saturated heterocycles. The number of carbonyl (C=O) groups is 1. The maximum atomic E-state index is 11.6. The Labute approximate surface area is 117 Å². The molecule has 0 spiro atoms. The van der Waals surface area contributed by atoms with Gasteiger partial charge in [-0.25, -0.2) is 0 Å². The molecule has 0 radical (unpaired) electrons. The number of carbonyl (C=O) groups excluding carboxylic acids is 1. The van der Waals surface area contributed by atoms with Crippen LogP contribution >= 0.6 is 0 Å². The first-order valence-electron chi connectivity index (χ1n) is 7.82. The third-order valence-corrected chi connectivity index (χ3v) is 4.13. The fourth-order valence-corrected chi connectivity index (χ4v) is 2.92. The Morgan fingerprint density at radius 3 is 2.74 bits per heavy atom. The van der Waals surface area contributed by atoms with E-state index >= 15 is 0 Å². The van der Waals surface area contributed by atoms with Gasteiger partial charge in [0, 0.05) is 44.2 Å². The van der Waals surface area contributed by atoms with Crippen molar-refractivity contribution in [3.05, 3.63) is 0 Å². The van der Waals surface area contributed by atoms with Gasteiger partial charge in [0.2, 0.25) is 5.91 Å². The Balaban J connectivity index is 1.57. The molecular formula is C15H29N3O. The van der Waals surface area contributed by atoms with Crippen LogP contribution in [0.5, 0.6) is 0 Å². The minimum Gasteiger partial charge on any atom is -0.356 e. The van der Waals surface area contributed by atoms with Gasteiger partial charge in [-0.2, -0.15) is 0 Å². The molecule has 2 atom stereocenters. The molecule has 19 heavy (non-hydrogen) atoms. The van der Waals surface area contributed by atoms with Gasteiger partial charge in [0.05, 0.1) is 0 Å². The fraction of sp³-hybridized carbons (Fsp3) is 0.933. The summed E-state index contributed by atoms with van der Waals surface area (Å²) < 4.78 is 0. The van der Waals surface area contributed by atoms with Crippen molar-refractivity contribution in [2.24, 2.45) is 5.92 Å². The quantitative estimate of drug-likeness (QED) is 0.732. The van der Waals surface area contributed by atoms with Crippen LogP contribution in [0.15, 0.2) is 0 Å². The van der Waals surface area contributed by atoms with Crippen LogP contribution in [0, 0.1) is 5.92 Å². The topological polar surface area (TPSA) is 44.4 Å². The first-order chi connectivity index (χ1) is 9.06. The summed E-state index contributed by atoms with van der Waals surface area (Å²) in [6, 6.07) is 2.14. The number of hydrogen-bond donors (Lipinski definition) is 2. The summed E-state index contributed by atoms with van der Waals surface area (Å²) in [5.41, 5.74) is 0. The first kappa shape index (κ1) is 14.8. The van der Waals surface area contributed by atoms with Crippen molar-refractivity contribution in [2.45, 2.75) is 64.6 Å². The minimum atomic E-state index is 0.172. The summed E-state index contributed by atoms with van der Waals surface area (Å²) in [4.78, 5) is 14.2. The van der Waals surface area contributed by atoms with Crippen LogP contribution in [0.25, 0.3) is 0 Å². The van der Waals surface area contributed by atoms with Gasteiger partial charge in [0.25, 0.3) is 0 Å². The normalized spacial score (nSPS) is 28.0. The van der Waals surface area contributed by atoms with Crippen LogP contribution < -0.4 is 10.6 Å². The number of nitrogens with zero attached hydrogens (tertiary/aromatic N) is 1. The highest BCUT2D eigenvalue weighted by atomic mass is 16.1. The average Bonchev–Trinajstić information content (AvgIpc) is 3.12. The lowest BCUT2D eigenvalue weighted by Crippen LogP contribution is -2.36. The monoisotopic (exact) mass is 267 g/mol. The summed E-state index contributed by atoms with van der Waals surface area (Å²) in [6.07, 6.45) is 4.59. The highest BCUT2D eigenvalue weighted by Crippen LogP contribution is 2.33. The molecule has 2 unspecified atom stereocenters. The number of hydrogen-bond acceptors (Lipinski definition) is 3. The molecule has 2 aliphatic rings. The maximum absolute atomic E-state index is 11.6. The standard InChI is InChI=1S/C15H29N3O/c1-11(2)9-17-15(19)6-7-16-13-8-12(3)18(10-13)14-4-5-14/h11-14,16H,4-10H2,1-3H3,(H,17,19). The highest BCUT2D eigenvalue weighted by Gasteiger charge is 2.38. The summed E-state index contributed by atoms with van der Waals surface area (Å²) >= 11 is 0. The Morgan fingerprint density at radius 1 is 1.37 bits per heavy atom. The highest BCUT2D eigenvalue weighted by molar-refractivity contribution is 5.76. The van der Waals surface area contributed by atoms with Crippen molar-refractivity contribution in [2.75, 3.05) is 19.6 Å². The molecule has 4 nitrogen and oxygen atoms in total. The van der Waals surface area contributed by atoms with E-state index in [-0.39, 0.29) is 5.91 Å². The zero-order valence-electron chi connectivity index (χ0n) is 12.6. The van der Waals surface area contributed by atoms with Crippen molar-refractivity contribution >= 4 is 5.91 Å². The zero-order chi connectivity index (χ0) is 13.8. The predicted molar refractivity (Wildman–Crippen MR) is 78.1 cm³/mol. The van der Waals surface area contributed by atoms with E-state index in [9.17, 15) is 4.79 Å². The Kier molecular flexibility index (Phi) is 5.22. The summed E-state index contributed by atoms with van der Waals surface area (Å²) in [5, 5.41) is 6.50. The Morgan fingerprint density at radius 2 is 2.11 bits per heavy atom. The van der Waals surface area contributed by atoms with Crippen LogP contribution in [-0.4, -0.2) is 48.6 Å². The molecule has 0 bridgehead atoms. The fourth-order valence-electron chi connectivity index (χ4n) is 2.92. The number of amides is 1. The third kappa shape index (κ3) is 4.77. The van der Waals surface area contributed by atoms with E-state index in [1.807, 2.05) is 0 Å². The van der Waals surface area contributed by atoms with E-state index in [0.29, 0.717) is 24.4 Å². The van der Waals surface area contributed by atoms with Gasteiger partial charge in [-0.3, -0.25) is 9.69 Å². The Bertz CT molecular complexity index is 302. The summed E-state index contributed by atoms with van der Waals surface area (Å²) in [6.45, 7) is 9.32. The van der Waals surface area contributed by atoms with E-state index in [2.05, 4.69) is 36.3 Å². The first-order valence-corrected chi connectivity index (χ1v) is 7.82.